The normalized spacial score (nSPS) is 10.1. The van der Waals surface area contributed by atoms with Gasteiger partial charge < -0.3 is 15.4 Å². The minimum atomic E-state index is -0.349. The Hall–Kier alpha value is -2.24. The zero-order chi connectivity index (χ0) is 17.5. The fourth-order valence-electron chi connectivity index (χ4n) is 1.99. The van der Waals surface area contributed by atoms with E-state index in [-0.39, 0.29) is 24.9 Å². The first-order chi connectivity index (χ1) is 11.5. The van der Waals surface area contributed by atoms with Gasteiger partial charge in [0.25, 0.3) is 11.8 Å². The van der Waals surface area contributed by atoms with Crippen LogP contribution in [0.4, 0.5) is 0 Å². The summed E-state index contributed by atoms with van der Waals surface area (Å²) in [7, 11) is 1.54. The number of halogens is 2. The van der Waals surface area contributed by atoms with Gasteiger partial charge >= 0.3 is 0 Å². The molecule has 0 unspecified atom stereocenters. The molecular weight excluding hydrogens is 351 g/mol. The highest BCUT2D eigenvalue weighted by Crippen LogP contribution is 2.20. The Morgan fingerprint density at radius 2 is 1.71 bits per heavy atom. The quantitative estimate of drug-likeness (QED) is 0.771. The Balaban J connectivity index is 1.83. The van der Waals surface area contributed by atoms with Gasteiger partial charge in [-0.3, -0.25) is 9.59 Å². The molecule has 0 saturated heterocycles. The number of carbonyl (C=O) groups excluding carboxylic acids is 2. The summed E-state index contributed by atoms with van der Waals surface area (Å²) in [6.07, 6.45) is 0. The van der Waals surface area contributed by atoms with Crippen molar-refractivity contribution in [3.63, 3.8) is 0 Å². The molecule has 0 aromatic heterocycles. The molecule has 2 N–H and O–H groups in total. The van der Waals surface area contributed by atoms with Gasteiger partial charge in [-0.1, -0.05) is 29.3 Å². The van der Waals surface area contributed by atoms with Crippen molar-refractivity contribution in [2.45, 2.75) is 0 Å². The van der Waals surface area contributed by atoms with Crippen LogP contribution in [0.25, 0.3) is 0 Å². The molecule has 2 rings (SSSR count). The lowest BCUT2D eigenvalue weighted by molar-refractivity contribution is 0.0927. The van der Waals surface area contributed by atoms with Gasteiger partial charge in [-0.05, 0) is 36.4 Å². The number of rotatable bonds is 6. The lowest BCUT2D eigenvalue weighted by atomic mass is 10.2. The molecule has 24 heavy (non-hydrogen) atoms. The highest BCUT2D eigenvalue weighted by atomic mass is 35.5. The first-order valence-corrected chi connectivity index (χ1v) is 7.92. The van der Waals surface area contributed by atoms with Gasteiger partial charge in [0.1, 0.15) is 5.75 Å². The van der Waals surface area contributed by atoms with Crippen LogP contribution in [-0.2, 0) is 0 Å². The van der Waals surface area contributed by atoms with E-state index in [0.29, 0.717) is 26.9 Å². The molecule has 7 heteroatoms. The molecule has 0 fully saturated rings. The molecule has 0 saturated carbocycles. The number of methoxy groups -OCH3 is 1. The average Bonchev–Trinajstić information content (AvgIpc) is 2.60. The summed E-state index contributed by atoms with van der Waals surface area (Å²) < 4.78 is 5.07. The second kappa shape index (κ2) is 8.57. The monoisotopic (exact) mass is 366 g/mol. The number of hydrogen-bond acceptors (Lipinski definition) is 3. The van der Waals surface area contributed by atoms with E-state index in [1.54, 1.807) is 36.4 Å². The summed E-state index contributed by atoms with van der Waals surface area (Å²) in [4.78, 5) is 24.0. The van der Waals surface area contributed by atoms with Crippen LogP contribution >= 0.6 is 23.2 Å². The van der Waals surface area contributed by atoms with Gasteiger partial charge in [-0.25, -0.2) is 0 Å². The third-order valence-corrected chi connectivity index (χ3v) is 3.77. The third kappa shape index (κ3) is 4.88. The number of amides is 2. The van der Waals surface area contributed by atoms with Crippen molar-refractivity contribution in [1.29, 1.82) is 0 Å². The maximum atomic E-state index is 12.0. The van der Waals surface area contributed by atoms with E-state index in [1.165, 1.54) is 13.2 Å². The van der Waals surface area contributed by atoms with Gasteiger partial charge in [0.2, 0.25) is 0 Å². The van der Waals surface area contributed by atoms with Crippen LogP contribution in [0.15, 0.2) is 42.5 Å². The lowest BCUT2D eigenvalue weighted by Crippen LogP contribution is -2.34. The topological polar surface area (TPSA) is 67.4 Å². The number of nitrogens with one attached hydrogen (secondary N) is 2. The highest BCUT2D eigenvalue weighted by Gasteiger charge is 2.11. The lowest BCUT2D eigenvalue weighted by Gasteiger charge is -2.09. The predicted octanol–water partition coefficient (Wildman–Crippen LogP) is 3.16. The van der Waals surface area contributed by atoms with E-state index < -0.39 is 0 Å². The summed E-state index contributed by atoms with van der Waals surface area (Å²) in [5.41, 5.74) is 0.779. The molecule has 0 radical (unpaired) electrons. The molecule has 2 aromatic rings. The second-order valence-corrected chi connectivity index (χ2v) is 5.71. The Bertz CT molecular complexity index is 750. The van der Waals surface area contributed by atoms with Crippen LogP contribution in [0.2, 0.25) is 10.0 Å². The first-order valence-electron chi connectivity index (χ1n) is 7.17. The average molecular weight is 367 g/mol. The zero-order valence-corrected chi connectivity index (χ0v) is 14.4. The smallest absolute Gasteiger partial charge is 0.252 e. The van der Waals surface area contributed by atoms with Crippen LogP contribution in [0.1, 0.15) is 20.7 Å². The van der Waals surface area contributed by atoms with Crippen molar-refractivity contribution < 1.29 is 14.3 Å². The van der Waals surface area contributed by atoms with Crippen molar-refractivity contribution in [3.8, 4) is 5.75 Å². The first kappa shape index (κ1) is 18.1. The fraction of sp³-hybridized carbons (Fsp3) is 0.176. The van der Waals surface area contributed by atoms with Crippen LogP contribution in [0.3, 0.4) is 0 Å². The highest BCUT2D eigenvalue weighted by molar-refractivity contribution is 6.35. The SMILES string of the molecule is COc1cccc(C(=O)NCCNC(=O)c2cc(Cl)ccc2Cl)c1. The molecule has 0 aliphatic carbocycles. The molecule has 0 aliphatic heterocycles. The number of ether oxygens (including phenoxy) is 1. The minimum Gasteiger partial charge on any atom is -0.497 e. The molecule has 0 bridgehead atoms. The number of hydrogen-bond donors (Lipinski definition) is 2. The van der Waals surface area contributed by atoms with Gasteiger partial charge in [-0.15, -0.1) is 0 Å². The third-order valence-electron chi connectivity index (χ3n) is 3.20. The maximum absolute atomic E-state index is 12.0. The van der Waals surface area contributed by atoms with E-state index in [0.717, 1.165) is 0 Å². The largest absolute Gasteiger partial charge is 0.497 e. The molecule has 2 amide bonds. The second-order valence-electron chi connectivity index (χ2n) is 4.87. The van der Waals surface area contributed by atoms with Crippen LogP contribution in [-0.4, -0.2) is 32.0 Å². The predicted molar refractivity (Wildman–Crippen MR) is 94.1 cm³/mol. The van der Waals surface area contributed by atoms with Crippen LogP contribution < -0.4 is 15.4 Å². The minimum absolute atomic E-state index is 0.246. The van der Waals surface area contributed by atoms with Crippen molar-refractivity contribution in [3.05, 3.63) is 63.6 Å². The van der Waals surface area contributed by atoms with E-state index in [9.17, 15) is 9.59 Å². The Morgan fingerprint density at radius 3 is 2.42 bits per heavy atom. The van der Waals surface area contributed by atoms with Crippen molar-refractivity contribution in [1.82, 2.24) is 10.6 Å². The summed E-state index contributed by atoms with van der Waals surface area (Å²) in [5, 5.41) is 6.13. The Morgan fingerprint density at radius 1 is 1.00 bits per heavy atom. The molecule has 0 aliphatic rings. The standard InChI is InChI=1S/C17H16Cl2N2O3/c1-24-13-4-2-3-11(9-13)16(22)20-7-8-21-17(23)14-10-12(18)5-6-15(14)19/h2-6,9-10H,7-8H2,1H3,(H,20,22)(H,21,23). The van der Waals surface area contributed by atoms with Crippen molar-refractivity contribution in [2.75, 3.05) is 20.2 Å². The Kier molecular flexibility index (Phi) is 6.46. The van der Waals surface area contributed by atoms with Crippen LogP contribution in [0, 0.1) is 0 Å². The molecule has 126 valence electrons. The van der Waals surface area contributed by atoms with Crippen LogP contribution in [0.5, 0.6) is 5.75 Å². The van der Waals surface area contributed by atoms with Gasteiger partial charge in [0.15, 0.2) is 0 Å². The number of carbonyl (C=O) groups is 2. The summed E-state index contributed by atoms with van der Waals surface area (Å²) in [6.45, 7) is 0.539. The van der Waals surface area contributed by atoms with E-state index in [2.05, 4.69) is 10.6 Å². The molecule has 0 atom stereocenters. The maximum Gasteiger partial charge on any atom is 0.252 e. The number of benzene rings is 2. The fourth-order valence-corrected chi connectivity index (χ4v) is 2.36. The van der Waals surface area contributed by atoms with Gasteiger partial charge in [0, 0.05) is 23.7 Å². The van der Waals surface area contributed by atoms with Gasteiger partial charge in [-0.2, -0.15) is 0 Å². The Labute approximate surface area is 149 Å². The molecular formula is C17H16Cl2N2O3. The molecule has 2 aromatic carbocycles. The molecule has 5 nitrogen and oxygen atoms in total. The van der Waals surface area contributed by atoms with E-state index >= 15 is 0 Å². The zero-order valence-electron chi connectivity index (χ0n) is 12.9. The molecule has 0 spiro atoms. The molecule has 0 heterocycles. The summed E-state index contributed by atoms with van der Waals surface area (Å²) in [6, 6.07) is 11.5. The van der Waals surface area contributed by atoms with Crippen molar-refractivity contribution in [2.24, 2.45) is 0 Å². The van der Waals surface area contributed by atoms with E-state index in [1.807, 2.05) is 0 Å². The van der Waals surface area contributed by atoms with Crippen molar-refractivity contribution >= 4 is 35.0 Å². The van der Waals surface area contributed by atoms with E-state index in [4.69, 9.17) is 27.9 Å². The van der Waals surface area contributed by atoms with Gasteiger partial charge in [0.05, 0.1) is 17.7 Å². The summed E-state index contributed by atoms with van der Waals surface area (Å²) >= 11 is 11.8. The summed E-state index contributed by atoms with van der Waals surface area (Å²) in [5.74, 6) is 0.00798.